The molecule has 0 aromatic rings. The molecule has 0 spiro atoms. The number of rotatable bonds is 6. The van der Waals surface area contributed by atoms with Crippen LogP contribution in [-0.2, 0) is 9.59 Å². The third-order valence-electron chi connectivity index (χ3n) is 3.83. The van der Waals surface area contributed by atoms with E-state index in [1.807, 2.05) is 13.8 Å². The molecule has 0 radical (unpaired) electrons. The number of nitrogens with zero attached hydrogens (tertiary/aromatic N) is 2. The van der Waals surface area contributed by atoms with Gasteiger partial charge in [0.1, 0.15) is 6.04 Å². The number of likely N-dealkylation sites (tertiary alicyclic amines) is 1. The first-order chi connectivity index (χ1) is 9.23. The Hall–Kier alpha value is -1.14. The van der Waals surface area contributed by atoms with E-state index in [0.717, 1.165) is 13.0 Å². The molecule has 20 heavy (non-hydrogen) atoms. The summed E-state index contributed by atoms with van der Waals surface area (Å²) < 4.78 is 0. The van der Waals surface area contributed by atoms with E-state index in [1.54, 1.807) is 14.0 Å². The molecular formula is C14H27N3O3. The van der Waals surface area contributed by atoms with Gasteiger partial charge in [0.25, 0.3) is 0 Å². The Bertz CT molecular complexity index is 358. The first-order valence-corrected chi connectivity index (χ1v) is 7.20. The van der Waals surface area contributed by atoms with E-state index in [2.05, 4.69) is 4.90 Å². The minimum absolute atomic E-state index is 0.00331. The molecule has 0 aromatic heterocycles. The van der Waals surface area contributed by atoms with Gasteiger partial charge in [-0.05, 0) is 25.8 Å². The van der Waals surface area contributed by atoms with E-state index >= 15 is 0 Å². The second-order valence-corrected chi connectivity index (χ2v) is 6.13. The van der Waals surface area contributed by atoms with Crippen molar-refractivity contribution >= 4 is 11.8 Å². The highest BCUT2D eigenvalue weighted by Gasteiger charge is 2.35. The van der Waals surface area contributed by atoms with Gasteiger partial charge in [-0.2, -0.15) is 0 Å². The molecule has 116 valence electrons. The number of aliphatic hydroxyl groups is 1. The summed E-state index contributed by atoms with van der Waals surface area (Å²) in [6.07, 6.45) is 0.370. The maximum Gasteiger partial charge on any atom is 0.240 e. The lowest BCUT2D eigenvalue weighted by atomic mass is 9.99. The summed E-state index contributed by atoms with van der Waals surface area (Å²) >= 11 is 0. The number of nitrogens with two attached hydrogens (primary N) is 1. The average Bonchev–Trinajstić information content (AvgIpc) is 2.74. The average molecular weight is 285 g/mol. The lowest BCUT2D eigenvalue weighted by molar-refractivity contribution is -0.142. The number of β-amino-alcohol motifs (C(OH)–C–C–N with tert-alkyl or cyclic N) is 1. The van der Waals surface area contributed by atoms with Crippen molar-refractivity contribution in [1.29, 1.82) is 0 Å². The second-order valence-electron chi connectivity index (χ2n) is 6.13. The molecule has 1 saturated heterocycles. The molecule has 2 amide bonds. The molecule has 0 aliphatic carbocycles. The first kappa shape index (κ1) is 16.9. The van der Waals surface area contributed by atoms with Crippen molar-refractivity contribution in [3.63, 3.8) is 0 Å². The topological polar surface area (TPSA) is 86.9 Å². The van der Waals surface area contributed by atoms with Crippen molar-refractivity contribution in [1.82, 2.24) is 9.80 Å². The van der Waals surface area contributed by atoms with Gasteiger partial charge in [-0.25, -0.2) is 0 Å². The number of aliphatic hydroxyl groups excluding tert-OH is 1. The molecule has 3 atom stereocenters. The molecule has 0 unspecified atom stereocenters. The standard InChI is InChI=1S/C14H27N3O3/c1-9(2)12(13(15)19)16(4)14(20)11-5-6-17(8-11)7-10(3)18/h9-12,18H,5-8H2,1-4H3,(H2,15,19)/t10-,11-,12-/m0/s1. The number of amides is 2. The zero-order valence-electron chi connectivity index (χ0n) is 12.9. The molecule has 0 saturated carbocycles. The maximum atomic E-state index is 12.5. The predicted octanol–water partition coefficient (Wildman–Crippen LogP) is -0.343. The first-order valence-electron chi connectivity index (χ1n) is 7.20. The molecular weight excluding hydrogens is 258 g/mol. The van der Waals surface area contributed by atoms with E-state index in [-0.39, 0.29) is 17.7 Å². The normalized spacial score (nSPS) is 22.8. The Morgan fingerprint density at radius 3 is 2.45 bits per heavy atom. The Morgan fingerprint density at radius 2 is 2.00 bits per heavy atom. The summed E-state index contributed by atoms with van der Waals surface area (Å²) in [5, 5.41) is 9.38. The van der Waals surface area contributed by atoms with E-state index in [4.69, 9.17) is 5.73 Å². The van der Waals surface area contributed by atoms with Crippen LogP contribution >= 0.6 is 0 Å². The third-order valence-corrected chi connectivity index (χ3v) is 3.83. The van der Waals surface area contributed by atoms with Gasteiger partial charge in [-0.15, -0.1) is 0 Å². The highest BCUT2D eigenvalue weighted by molar-refractivity contribution is 5.87. The van der Waals surface area contributed by atoms with Gasteiger partial charge < -0.3 is 15.7 Å². The lowest BCUT2D eigenvalue weighted by Crippen LogP contribution is -2.50. The molecule has 6 nitrogen and oxygen atoms in total. The van der Waals surface area contributed by atoms with Crippen LogP contribution < -0.4 is 5.73 Å². The van der Waals surface area contributed by atoms with Gasteiger partial charge in [0.05, 0.1) is 12.0 Å². The number of likely N-dealkylation sites (N-methyl/N-ethyl adjacent to an activating group) is 1. The smallest absolute Gasteiger partial charge is 0.240 e. The monoisotopic (exact) mass is 285 g/mol. The van der Waals surface area contributed by atoms with Crippen LogP contribution in [0.3, 0.4) is 0 Å². The summed E-state index contributed by atoms with van der Waals surface area (Å²) in [6, 6.07) is -0.562. The van der Waals surface area contributed by atoms with Gasteiger partial charge >= 0.3 is 0 Å². The van der Waals surface area contributed by atoms with Gasteiger partial charge in [0.2, 0.25) is 11.8 Å². The minimum atomic E-state index is -0.562. The fraction of sp³-hybridized carbons (Fsp3) is 0.857. The Labute approximate surface area is 120 Å². The Morgan fingerprint density at radius 1 is 1.40 bits per heavy atom. The van der Waals surface area contributed by atoms with E-state index < -0.39 is 18.1 Å². The van der Waals surface area contributed by atoms with E-state index in [9.17, 15) is 14.7 Å². The number of hydrogen-bond acceptors (Lipinski definition) is 4. The molecule has 0 aromatic carbocycles. The van der Waals surface area contributed by atoms with Gasteiger partial charge in [0, 0.05) is 20.1 Å². The van der Waals surface area contributed by atoms with Crippen LogP contribution in [0.15, 0.2) is 0 Å². The zero-order valence-corrected chi connectivity index (χ0v) is 12.9. The maximum absolute atomic E-state index is 12.5. The van der Waals surface area contributed by atoms with Gasteiger partial charge in [-0.3, -0.25) is 14.5 Å². The molecule has 1 rings (SSSR count). The summed E-state index contributed by atoms with van der Waals surface area (Å²) in [4.78, 5) is 27.5. The Kier molecular flexibility index (Phi) is 5.95. The molecule has 3 N–H and O–H groups in total. The quantitative estimate of drug-likeness (QED) is 0.699. The van der Waals surface area contributed by atoms with Gasteiger partial charge in [-0.1, -0.05) is 13.8 Å². The van der Waals surface area contributed by atoms with Crippen molar-refractivity contribution in [3.8, 4) is 0 Å². The number of primary amides is 1. The van der Waals surface area contributed by atoms with Crippen LogP contribution in [0.25, 0.3) is 0 Å². The predicted molar refractivity (Wildman–Crippen MR) is 76.8 cm³/mol. The van der Waals surface area contributed by atoms with Crippen LogP contribution in [0.2, 0.25) is 0 Å². The third kappa shape index (κ3) is 4.18. The highest BCUT2D eigenvalue weighted by atomic mass is 16.3. The lowest BCUT2D eigenvalue weighted by Gasteiger charge is -2.30. The number of carbonyl (C=O) groups is 2. The Balaban J connectivity index is 2.64. The summed E-state index contributed by atoms with van der Waals surface area (Å²) in [5.74, 6) is -0.610. The summed E-state index contributed by atoms with van der Waals surface area (Å²) in [7, 11) is 1.65. The highest BCUT2D eigenvalue weighted by Crippen LogP contribution is 2.21. The van der Waals surface area contributed by atoms with Crippen LogP contribution in [0, 0.1) is 11.8 Å². The van der Waals surface area contributed by atoms with Crippen molar-refractivity contribution in [3.05, 3.63) is 0 Å². The van der Waals surface area contributed by atoms with Crippen LogP contribution in [0.5, 0.6) is 0 Å². The van der Waals surface area contributed by atoms with E-state index in [0.29, 0.717) is 13.1 Å². The molecule has 6 heteroatoms. The van der Waals surface area contributed by atoms with E-state index in [1.165, 1.54) is 4.90 Å². The molecule has 1 fully saturated rings. The van der Waals surface area contributed by atoms with Gasteiger partial charge in [0.15, 0.2) is 0 Å². The van der Waals surface area contributed by atoms with Crippen molar-refractivity contribution in [2.45, 2.75) is 39.3 Å². The van der Waals surface area contributed by atoms with Crippen LogP contribution in [0.4, 0.5) is 0 Å². The molecule has 1 aliphatic heterocycles. The minimum Gasteiger partial charge on any atom is -0.392 e. The van der Waals surface area contributed by atoms with Crippen LogP contribution in [-0.4, -0.2) is 65.5 Å². The molecule has 0 bridgehead atoms. The molecule has 1 aliphatic rings. The summed E-state index contributed by atoms with van der Waals surface area (Å²) in [6.45, 7) is 7.52. The number of hydrogen-bond donors (Lipinski definition) is 2. The van der Waals surface area contributed by atoms with Crippen LogP contribution in [0.1, 0.15) is 27.2 Å². The summed E-state index contributed by atoms with van der Waals surface area (Å²) in [5.41, 5.74) is 5.39. The second kappa shape index (κ2) is 7.04. The largest absolute Gasteiger partial charge is 0.392 e. The fourth-order valence-corrected chi connectivity index (χ4v) is 2.97. The zero-order chi connectivity index (χ0) is 15.4. The SMILES string of the molecule is CC(C)[C@@H](C(N)=O)N(C)C(=O)[C@H]1CCN(C[C@H](C)O)C1. The molecule has 1 heterocycles. The fourth-order valence-electron chi connectivity index (χ4n) is 2.97. The number of carbonyl (C=O) groups excluding carboxylic acids is 2. The van der Waals surface area contributed by atoms with Crippen molar-refractivity contribution in [2.75, 3.05) is 26.7 Å². The van der Waals surface area contributed by atoms with Crippen molar-refractivity contribution in [2.24, 2.45) is 17.6 Å². The van der Waals surface area contributed by atoms with Crippen molar-refractivity contribution < 1.29 is 14.7 Å².